The molecule has 4 rings (SSSR count). The van der Waals surface area contributed by atoms with Gasteiger partial charge in [-0.05, 0) is 42.3 Å². The number of benzene rings is 2. The van der Waals surface area contributed by atoms with Crippen LogP contribution < -0.4 is 15.6 Å². The van der Waals surface area contributed by atoms with E-state index in [1.807, 2.05) is 24.3 Å². The molecule has 0 spiro atoms. The maximum atomic E-state index is 13.7. The molecule has 0 unspecified atom stereocenters. The fraction of sp³-hybridized carbons (Fsp3) is 0.292. The standard InChI is InChI=1S/C24H25FN4O3S/c1-15-6-7-17(11-20(15)25)26-22(30)14-33-24-27-21-8-9-29(13-19(21)23(31)28-24)12-16-4-3-5-18(10-16)32-2/h3-7,10-11H,8-9,12-14H2,1-2H3,(H,26,30)(H,27,28,31). The number of H-pyrrole nitrogens is 1. The second-order valence-electron chi connectivity index (χ2n) is 7.91. The van der Waals surface area contributed by atoms with Gasteiger partial charge in [0, 0.05) is 31.7 Å². The van der Waals surface area contributed by atoms with E-state index in [9.17, 15) is 14.0 Å². The zero-order chi connectivity index (χ0) is 23.4. The Kier molecular flexibility index (Phi) is 7.10. The fourth-order valence-corrected chi connectivity index (χ4v) is 4.37. The lowest BCUT2D eigenvalue weighted by atomic mass is 10.1. The van der Waals surface area contributed by atoms with Crippen LogP contribution in [-0.4, -0.2) is 40.2 Å². The molecule has 1 aromatic heterocycles. The molecule has 0 fully saturated rings. The number of rotatable bonds is 7. The highest BCUT2D eigenvalue weighted by Gasteiger charge is 2.22. The summed E-state index contributed by atoms with van der Waals surface area (Å²) < 4.78 is 18.9. The summed E-state index contributed by atoms with van der Waals surface area (Å²) in [6.07, 6.45) is 0.658. The Balaban J connectivity index is 1.36. The van der Waals surface area contributed by atoms with Gasteiger partial charge in [0.05, 0.1) is 24.1 Å². The lowest BCUT2D eigenvalue weighted by molar-refractivity contribution is -0.113. The normalized spacial score (nSPS) is 13.4. The van der Waals surface area contributed by atoms with E-state index in [4.69, 9.17) is 4.74 Å². The summed E-state index contributed by atoms with van der Waals surface area (Å²) in [5.74, 6) is 0.191. The molecular weight excluding hydrogens is 443 g/mol. The predicted octanol–water partition coefficient (Wildman–Crippen LogP) is 3.52. The van der Waals surface area contributed by atoms with Crippen molar-refractivity contribution in [2.75, 3.05) is 24.7 Å². The van der Waals surface area contributed by atoms with E-state index >= 15 is 0 Å². The van der Waals surface area contributed by atoms with Crippen LogP contribution in [0.25, 0.3) is 0 Å². The molecule has 0 bridgehead atoms. The van der Waals surface area contributed by atoms with Gasteiger partial charge in [0.25, 0.3) is 5.56 Å². The molecule has 0 radical (unpaired) electrons. The van der Waals surface area contributed by atoms with Gasteiger partial charge >= 0.3 is 0 Å². The Hall–Kier alpha value is -3.17. The van der Waals surface area contributed by atoms with Crippen molar-refractivity contribution >= 4 is 23.4 Å². The van der Waals surface area contributed by atoms with Crippen LogP contribution in [0.3, 0.4) is 0 Å². The molecule has 1 aliphatic heterocycles. The number of fused-ring (bicyclic) bond motifs is 1. The number of anilines is 1. The van der Waals surface area contributed by atoms with Crippen LogP contribution in [0.2, 0.25) is 0 Å². The van der Waals surface area contributed by atoms with Crippen LogP contribution in [0.1, 0.15) is 22.4 Å². The lowest BCUT2D eigenvalue weighted by Crippen LogP contribution is -2.35. The number of aromatic amines is 1. The first-order valence-electron chi connectivity index (χ1n) is 10.6. The van der Waals surface area contributed by atoms with E-state index in [0.717, 1.165) is 35.3 Å². The first kappa shape index (κ1) is 23.0. The number of nitrogens with zero attached hydrogens (tertiary/aromatic N) is 2. The molecule has 0 atom stereocenters. The molecule has 0 saturated carbocycles. The van der Waals surface area contributed by atoms with Gasteiger partial charge in [-0.25, -0.2) is 9.37 Å². The molecule has 2 N–H and O–H groups in total. The van der Waals surface area contributed by atoms with Crippen LogP contribution in [0, 0.1) is 12.7 Å². The number of hydrogen-bond acceptors (Lipinski definition) is 6. The van der Waals surface area contributed by atoms with Crippen LogP contribution in [0.15, 0.2) is 52.4 Å². The molecule has 2 heterocycles. The fourth-order valence-electron chi connectivity index (χ4n) is 3.69. The molecule has 33 heavy (non-hydrogen) atoms. The van der Waals surface area contributed by atoms with Crippen LogP contribution in [-0.2, 0) is 24.3 Å². The zero-order valence-corrected chi connectivity index (χ0v) is 19.3. The molecule has 1 aliphatic rings. The summed E-state index contributed by atoms with van der Waals surface area (Å²) in [6, 6.07) is 12.4. The summed E-state index contributed by atoms with van der Waals surface area (Å²) >= 11 is 1.15. The summed E-state index contributed by atoms with van der Waals surface area (Å²) in [6.45, 7) is 3.67. The van der Waals surface area contributed by atoms with Gasteiger partial charge in [0.2, 0.25) is 5.91 Å². The number of aromatic nitrogens is 2. The monoisotopic (exact) mass is 468 g/mol. The maximum absolute atomic E-state index is 13.7. The molecule has 2 aromatic carbocycles. The summed E-state index contributed by atoms with van der Waals surface area (Å²) in [4.78, 5) is 34.5. The molecule has 9 heteroatoms. The number of carbonyl (C=O) groups is 1. The van der Waals surface area contributed by atoms with Gasteiger partial charge < -0.3 is 15.0 Å². The number of carbonyl (C=O) groups excluding carboxylic acids is 1. The zero-order valence-electron chi connectivity index (χ0n) is 18.5. The Bertz CT molecular complexity index is 1230. The number of ether oxygens (including phenoxy) is 1. The van der Waals surface area contributed by atoms with E-state index in [2.05, 4.69) is 20.2 Å². The Labute approximate surface area is 195 Å². The highest BCUT2D eigenvalue weighted by Crippen LogP contribution is 2.21. The number of nitrogens with one attached hydrogen (secondary N) is 2. The highest BCUT2D eigenvalue weighted by atomic mass is 32.2. The van der Waals surface area contributed by atoms with Crippen molar-refractivity contribution in [1.29, 1.82) is 0 Å². The van der Waals surface area contributed by atoms with Gasteiger partial charge in [-0.3, -0.25) is 14.5 Å². The number of hydrogen-bond donors (Lipinski definition) is 2. The van der Waals surface area contributed by atoms with Crippen molar-refractivity contribution in [2.45, 2.75) is 31.6 Å². The van der Waals surface area contributed by atoms with Gasteiger partial charge in [-0.1, -0.05) is 30.0 Å². The molecule has 172 valence electrons. The number of amides is 1. The van der Waals surface area contributed by atoms with Crippen molar-refractivity contribution in [3.63, 3.8) is 0 Å². The van der Waals surface area contributed by atoms with Gasteiger partial charge in [0.1, 0.15) is 11.6 Å². The van der Waals surface area contributed by atoms with Crippen LogP contribution in [0.5, 0.6) is 5.75 Å². The van der Waals surface area contributed by atoms with E-state index in [0.29, 0.717) is 41.5 Å². The van der Waals surface area contributed by atoms with Crippen molar-refractivity contribution < 1.29 is 13.9 Å². The first-order valence-corrected chi connectivity index (χ1v) is 11.6. The minimum Gasteiger partial charge on any atom is -0.497 e. The summed E-state index contributed by atoms with van der Waals surface area (Å²) in [5.41, 5.74) is 3.27. The average molecular weight is 469 g/mol. The first-order chi connectivity index (χ1) is 15.9. The lowest BCUT2D eigenvalue weighted by Gasteiger charge is -2.27. The van der Waals surface area contributed by atoms with Crippen molar-refractivity contribution in [3.05, 3.63) is 81.0 Å². The van der Waals surface area contributed by atoms with E-state index in [1.165, 1.54) is 6.07 Å². The van der Waals surface area contributed by atoms with E-state index in [1.54, 1.807) is 26.2 Å². The van der Waals surface area contributed by atoms with Crippen molar-refractivity contribution in [3.8, 4) is 5.75 Å². The largest absolute Gasteiger partial charge is 0.497 e. The van der Waals surface area contributed by atoms with Gasteiger partial charge in [-0.2, -0.15) is 0 Å². The second-order valence-corrected chi connectivity index (χ2v) is 8.87. The molecule has 1 amide bonds. The van der Waals surface area contributed by atoms with Crippen molar-refractivity contribution in [2.24, 2.45) is 0 Å². The quantitative estimate of drug-likeness (QED) is 0.408. The van der Waals surface area contributed by atoms with E-state index in [-0.39, 0.29) is 23.0 Å². The van der Waals surface area contributed by atoms with Gasteiger partial charge in [0.15, 0.2) is 5.16 Å². The third-order valence-electron chi connectivity index (χ3n) is 5.46. The smallest absolute Gasteiger partial charge is 0.256 e. The summed E-state index contributed by atoms with van der Waals surface area (Å²) in [7, 11) is 1.64. The molecule has 0 aliphatic carbocycles. The Morgan fingerprint density at radius 3 is 2.94 bits per heavy atom. The van der Waals surface area contributed by atoms with Crippen molar-refractivity contribution in [1.82, 2.24) is 14.9 Å². The SMILES string of the molecule is COc1cccc(CN2CCc3nc(SCC(=O)Nc4ccc(C)c(F)c4)[nH]c(=O)c3C2)c1. The van der Waals surface area contributed by atoms with Crippen LogP contribution >= 0.6 is 11.8 Å². The van der Waals surface area contributed by atoms with Gasteiger partial charge in [-0.15, -0.1) is 0 Å². The minimum absolute atomic E-state index is 0.0547. The minimum atomic E-state index is -0.374. The topological polar surface area (TPSA) is 87.3 Å². The number of methoxy groups -OCH3 is 1. The Morgan fingerprint density at radius 2 is 2.15 bits per heavy atom. The molecule has 7 nitrogen and oxygen atoms in total. The summed E-state index contributed by atoms with van der Waals surface area (Å²) in [5, 5.41) is 3.07. The molecule has 0 saturated heterocycles. The third-order valence-corrected chi connectivity index (χ3v) is 6.34. The number of halogens is 1. The second kappa shape index (κ2) is 10.2. The maximum Gasteiger partial charge on any atom is 0.256 e. The average Bonchev–Trinajstić information content (AvgIpc) is 2.81. The van der Waals surface area contributed by atoms with E-state index < -0.39 is 0 Å². The Morgan fingerprint density at radius 1 is 1.30 bits per heavy atom. The third kappa shape index (κ3) is 5.80. The highest BCUT2D eigenvalue weighted by molar-refractivity contribution is 7.99. The van der Waals surface area contributed by atoms with Crippen LogP contribution in [0.4, 0.5) is 10.1 Å². The number of aryl methyl sites for hydroxylation is 1. The molecular formula is C24H25FN4O3S. The molecule has 3 aromatic rings. The number of thioether (sulfide) groups is 1. The predicted molar refractivity (Wildman–Crippen MR) is 126 cm³/mol.